The molecule has 1 aromatic rings. The smallest absolute Gasteiger partial charge is 0.326 e. The van der Waals surface area contributed by atoms with E-state index in [2.05, 4.69) is 15.3 Å². The van der Waals surface area contributed by atoms with Crippen molar-refractivity contribution in [3.05, 3.63) is 17.1 Å². The number of thioether (sulfide) groups is 1. The molecule has 0 saturated carbocycles. The fraction of sp³-hybridized carbons (Fsp3) is 0.417. The first-order chi connectivity index (χ1) is 9.76. The van der Waals surface area contributed by atoms with Gasteiger partial charge in [0.15, 0.2) is 0 Å². The molecule has 0 bridgehead atoms. The summed E-state index contributed by atoms with van der Waals surface area (Å²) in [6, 6.07) is -1.51. The average molecular weight is 313 g/mol. The minimum Gasteiger partial charge on any atom is -0.481 e. The molecular formula is C12H15N3O5S. The van der Waals surface area contributed by atoms with Crippen molar-refractivity contribution in [2.24, 2.45) is 0 Å². The van der Waals surface area contributed by atoms with Gasteiger partial charge in [-0.3, -0.25) is 9.59 Å². The maximum atomic E-state index is 12.2. The second-order valence-electron chi connectivity index (χ2n) is 4.20. The number of rotatable bonds is 6. The number of carbonyl (C=O) groups is 3. The van der Waals surface area contributed by atoms with E-state index < -0.39 is 30.3 Å². The highest BCUT2D eigenvalue weighted by atomic mass is 32.2. The lowest BCUT2D eigenvalue weighted by molar-refractivity contribution is -0.145. The number of aromatic nitrogens is 2. The number of nitrogens with zero attached hydrogens (tertiary/aromatic N) is 2. The van der Waals surface area contributed by atoms with E-state index >= 15 is 0 Å². The molecule has 1 atom stereocenters. The van der Waals surface area contributed by atoms with Crippen LogP contribution in [0, 0.1) is 13.8 Å². The van der Waals surface area contributed by atoms with Gasteiger partial charge in [0, 0.05) is 0 Å². The normalized spacial score (nSPS) is 11.8. The van der Waals surface area contributed by atoms with E-state index in [4.69, 9.17) is 10.2 Å². The van der Waals surface area contributed by atoms with Crippen LogP contribution in [0.5, 0.6) is 0 Å². The van der Waals surface area contributed by atoms with Gasteiger partial charge in [-0.1, -0.05) is 0 Å². The minimum absolute atomic E-state index is 0.157. The van der Waals surface area contributed by atoms with Crippen molar-refractivity contribution in [1.29, 1.82) is 0 Å². The minimum atomic E-state index is -1.51. The summed E-state index contributed by atoms with van der Waals surface area (Å²) in [6.07, 6.45) is 1.02. The van der Waals surface area contributed by atoms with Crippen molar-refractivity contribution in [2.45, 2.75) is 31.3 Å². The van der Waals surface area contributed by atoms with E-state index in [1.165, 1.54) is 11.8 Å². The first kappa shape index (κ1) is 16.9. The third-order valence-electron chi connectivity index (χ3n) is 2.57. The van der Waals surface area contributed by atoms with Gasteiger partial charge in [0.1, 0.15) is 16.9 Å². The molecule has 0 aliphatic heterocycles. The number of amides is 1. The Kier molecular flexibility index (Phi) is 5.65. The van der Waals surface area contributed by atoms with Crippen molar-refractivity contribution >= 4 is 29.6 Å². The lowest BCUT2D eigenvalue weighted by Crippen LogP contribution is -2.42. The molecule has 114 valence electrons. The molecule has 1 amide bonds. The second kappa shape index (κ2) is 7.02. The van der Waals surface area contributed by atoms with E-state index in [1.54, 1.807) is 20.1 Å². The number of hydrogen-bond acceptors (Lipinski definition) is 6. The molecule has 0 aliphatic rings. The highest BCUT2D eigenvalue weighted by Gasteiger charge is 2.26. The topological polar surface area (TPSA) is 129 Å². The molecule has 1 aromatic heterocycles. The lowest BCUT2D eigenvalue weighted by Gasteiger charge is -2.15. The standard InChI is InChI=1S/C12H15N3O5S/c1-5-9(11(21-3)14-6(2)13-5)10(18)15-7(12(19)20)4-8(16)17/h7H,4H2,1-3H3,(H,15,18)(H,16,17)(H,19,20)/t7-/m0/s1. The van der Waals surface area contributed by atoms with Crippen LogP contribution >= 0.6 is 11.8 Å². The van der Waals surface area contributed by atoms with Gasteiger partial charge < -0.3 is 15.5 Å². The molecule has 0 saturated heterocycles. The van der Waals surface area contributed by atoms with Gasteiger partial charge in [0.25, 0.3) is 5.91 Å². The van der Waals surface area contributed by atoms with Crippen LogP contribution < -0.4 is 5.32 Å². The Morgan fingerprint density at radius 3 is 2.33 bits per heavy atom. The summed E-state index contributed by atoms with van der Waals surface area (Å²) in [5.74, 6) is -2.94. The maximum absolute atomic E-state index is 12.2. The first-order valence-electron chi connectivity index (χ1n) is 5.91. The summed E-state index contributed by atoms with van der Waals surface area (Å²) in [5.41, 5.74) is 0.563. The van der Waals surface area contributed by atoms with Crippen LogP contribution in [0.4, 0.5) is 0 Å². The fourth-order valence-corrected chi connectivity index (χ4v) is 2.36. The van der Waals surface area contributed by atoms with Crippen LogP contribution in [0.2, 0.25) is 0 Å². The van der Waals surface area contributed by atoms with Crippen molar-refractivity contribution < 1.29 is 24.6 Å². The van der Waals surface area contributed by atoms with E-state index in [1.807, 2.05) is 0 Å². The summed E-state index contributed by atoms with van der Waals surface area (Å²) in [5, 5.41) is 20.2. The van der Waals surface area contributed by atoms with Gasteiger partial charge in [0.05, 0.1) is 17.7 Å². The molecule has 0 radical (unpaired) electrons. The maximum Gasteiger partial charge on any atom is 0.326 e. The van der Waals surface area contributed by atoms with Crippen LogP contribution in [0.1, 0.15) is 28.3 Å². The Hall–Kier alpha value is -2.16. The van der Waals surface area contributed by atoms with Crippen molar-refractivity contribution in [3.8, 4) is 0 Å². The van der Waals surface area contributed by atoms with E-state index in [9.17, 15) is 14.4 Å². The second-order valence-corrected chi connectivity index (χ2v) is 5.00. The lowest BCUT2D eigenvalue weighted by atomic mass is 10.1. The summed E-state index contributed by atoms with van der Waals surface area (Å²) in [4.78, 5) is 42.0. The predicted octanol–water partition coefficient (Wildman–Crippen LogP) is 0.473. The van der Waals surface area contributed by atoms with Crippen LogP contribution in [0.25, 0.3) is 0 Å². The third-order valence-corrected chi connectivity index (χ3v) is 3.25. The van der Waals surface area contributed by atoms with Crippen LogP contribution in [-0.4, -0.2) is 50.3 Å². The Labute approximate surface area is 125 Å². The number of aryl methyl sites for hydroxylation is 2. The number of carbonyl (C=O) groups excluding carboxylic acids is 1. The Morgan fingerprint density at radius 2 is 1.86 bits per heavy atom. The van der Waals surface area contributed by atoms with Crippen molar-refractivity contribution in [1.82, 2.24) is 15.3 Å². The van der Waals surface area contributed by atoms with Crippen LogP contribution in [0.3, 0.4) is 0 Å². The summed E-state index contributed by atoms with van der Waals surface area (Å²) >= 11 is 1.23. The van der Waals surface area contributed by atoms with Gasteiger partial charge in [-0.25, -0.2) is 14.8 Å². The number of nitrogens with one attached hydrogen (secondary N) is 1. The Bertz CT molecular complexity index is 591. The van der Waals surface area contributed by atoms with E-state index in [0.29, 0.717) is 16.5 Å². The van der Waals surface area contributed by atoms with Crippen LogP contribution in [-0.2, 0) is 9.59 Å². The SMILES string of the molecule is CSc1nc(C)nc(C)c1C(=O)N[C@@H](CC(=O)O)C(=O)O. The zero-order valence-electron chi connectivity index (χ0n) is 11.7. The summed E-state index contributed by atoms with van der Waals surface area (Å²) < 4.78 is 0. The largest absolute Gasteiger partial charge is 0.481 e. The van der Waals surface area contributed by atoms with Crippen LogP contribution in [0.15, 0.2) is 5.03 Å². The number of hydrogen-bond donors (Lipinski definition) is 3. The molecule has 3 N–H and O–H groups in total. The highest BCUT2D eigenvalue weighted by molar-refractivity contribution is 7.98. The van der Waals surface area contributed by atoms with Crippen molar-refractivity contribution in [3.63, 3.8) is 0 Å². The van der Waals surface area contributed by atoms with Gasteiger partial charge in [0.2, 0.25) is 0 Å². The first-order valence-corrected chi connectivity index (χ1v) is 7.13. The van der Waals surface area contributed by atoms with Crippen molar-refractivity contribution in [2.75, 3.05) is 6.26 Å². The number of carboxylic acids is 2. The monoisotopic (exact) mass is 313 g/mol. The quantitative estimate of drug-likeness (QED) is 0.510. The van der Waals surface area contributed by atoms with E-state index in [0.717, 1.165) is 0 Å². The molecule has 0 unspecified atom stereocenters. The Balaban J connectivity index is 3.08. The van der Waals surface area contributed by atoms with Gasteiger partial charge >= 0.3 is 11.9 Å². The van der Waals surface area contributed by atoms with E-state index in [-0.39, 0.29) is 5.56 Å². The Morgan fingerprint density at radius 1 is 1.24 bits per heavy atom. The molecule has 8 nitrogen and oxygen atoms in total. The number of aliphatic carboxylic acids is 2. The fourth-order valence-electron chi connectivity index (χ4n) is 1.70. The molecule has 1 rings (SSSR count). The molecule has 1 heterocycles. The third kappa shape index (κ3) is 4.42. The predicted molar refractivity (Wildman–Crippen MR) is 74.4 cm³/mol. The number of carboxylic acid groups (broad SMARTS) is 2. The van der Waals surface area contributed by atoms with Gasteiger partial charge in [-0.15, -0.1) is 11.8 Å². The van der Waals surface area contributed by atoms with Gasteiger partial charge in [-0.05, 0) is 20.1 Å². The molecule has 0 fully saturated rings. The summed E-state index contributed by atoms with van der Waals surface area (Å²) in [7, 11) is 0. The zero-order valence-corrected chi connectivity index (χ0v) is 12.5. The molecule has 9 heteroatoms. The molecular weight excluding hydrogens is 298 g/mol. The molecule has 21 heavy (non-hydrogen) atoms. The zero-order chi connectivity index (χ0) is 16.2. The molecule has 0 aliphatic carbocycles. The average Bonchev–Trinajstić information content (AvgIpc) is 2.35. The summed E-state index contributed by atoms with van der Waals surface area (Å²) in [6.45, 7) is 3.29. The molecule has 0 aromatic carbocycles. The molecule has 0 spiro atoms. The van der Waals surface area contributed by atoms with Gasteiger partial charge in [-0.2, -0.15) is 0 Å². The highest BCUT2D eigenvalue weighted by Crippen LogP contribution is 2.20.